The van der Waals surface area contributed by atoms with Gasteiger partial charge in [0.25, 0.3) is 0 Å². The van der Waals surface area contributed by atoms with Crippen LogP contribution < -0.4 is 21.1 Å². The second-order valence-corrected chi connectivity index (χ2v) is 6.04. The van der Waals surface area contributed by atoms with Crippen molar-refractivity contribution in [2.24, 2.45) is 0 Å². The van der Waals surface area contributed by atoms with E-state index in [0.29, 0.717) is 18.2 Å². The first kappa shape index (κ1) is 18.5. The highest BCUT2D eigenvalue weighted by molar-refractivity contribution is 5.99. The van der Waals surface area contributed by atoms with Crippen LogP contribution in [0, 0.1) is 6.92 Å². The minimum atomic E-state index is -1.17. The molecule has 0 unspecified atom stereocenters. The Bertz CT molecular complexity index is 1040. The standard InChI is InChI=1S/C18H17N5O3.ClH/c1-9-12(7-22-17-16(9)20-2-3-26-17)10-4-11-6-15(23-18(24)25)21-8-13(11)14(19)5-10;/h4-8,20H,2-3,19H2,1H3,(H,21,23)(H,24,25);1H. The molecule has 0 fully saturated rings. The zero-order valence-corrected chi connectivity index (χ0v) is 15.3. The largest absolute Gasteiger partial charge is 0.474 e. The van der Waals surface area contributed by atoms with Crippen molar-refractivity contribution < 1.29 is 14.6 Å². The van der Waals surface area contributed by atoms with Crippen LogP contribution in [0.15, 0.2) is 30.6 Å². The lowest BCUT2D eigenvalue weighted by molar-refractivity contribution is 0.209. The highest BCUT2D eigenvalue weighted by Gasteiger charge is 2.17. The minimum absolute atomic E-state index is 0. The summed E-state index contributed by atoms with van der Waals surface area (Å²) in [5.74, 6) is 0.848. The number of benzene rings is 1. The monoisotopic (exact) mass is 387 g/mol. The van der Waals surface area contributed by atoms with Crippen LogP contribution in [0.5, 0.6) is 5.88 Å². The molecule has 2 aromatic heterocycles. The van der Waals surface area contributed by atoms with E-state index in [2.05, 4.69) is 20.6 Å². The number of anilines is 3. The minimum Gasteiger partial charge on any atom is -0.474 e. The van der Waals surface area contributed by atoms with Crippen LogP contribution in [0.4, 0.5) is 22.0 Å². The van der Waals surface area contributed by atoms with E-state index >= 15 is 0 Å². The number of rotatable bonds is 2. The molecule has 9 heteroatoms. The van der Waals surface area contributed by atoms with E-state index in [1.165, 1.54) is 0 Å². The highest BCUT2D eigenvalue weighted by Crippen LogP contribution is 2.37. The number of carboxylic acid groups (broad SMARTS) is 1. The molecule has 0 spiro atoms. The topological polar surface area (TPSA) is 122 Å². The van der Waals surface area contributed by atoms with Crippen LogP contribution >= 0.6 is 12.4 Å². The number of carbonyl (C=O) groups is 1. The van der Waals surface area contributed by atoms with Gasteiger partial charge in [-0.3, -0.25) is 5.32 Å². The molecule has 1 aliphatic heterocycles. The molecule has 27 heavy (non-hydrogen) atoms. The predicted octanol–water partition coefficient (Wildman–Crippen LogP) is 3.50. The SMILES string of the molecule is Cc1c(-c2cc(N)c3cnc(NC(=O)O)cc3c2)cnc2c1NCCO2.Cl. The number of fused-ring (bicyclic) bond motifs is 2. The second-order valence-electron chi connectivity index (χ2n) is 6.04. The summed E-state index contributed by atoms with van der Waals surface area (Å²) in [6.07, 6.45) is 2.16. The third-order valence-corrected chi connectivity index (χ3v) is 4.36. The fourth-order valence-corrected chi connectivity index (χ4v) is 3.13. The Morgan fingerprint density at radius 1 is 1.30 bits per heavy atom. The third kappa shape index (κ3) is 3.39. The Hall–Kier alpha value is -3.26. The van der Waals surface area contributed by atoms with Crippen LogP contribution in [-0.4, -0.2) is 34.3 Å². The quantitative estimate of drug-likeness (QED) is 0.496. The Balaban J connectivity index is 0.00000210. The molecule has 0 radical (unpaired) electrons. The van der Waals surface area contributed by atoms with E-state index < -0.39 is 6.09 Å². The number of pyridine rings is 2. The number of nitrogens with two attached hydrogens (primary N) is 1. The van der Waals surface area contributed by atoms with Crippen LogP contribution in [0.1, 0.15) is 5.56 Å². The predicted molar refractivity (Wildman–Crippen MR) is 107 cm³/mol. The second kappa shape index (κ2) is 7.16. The summed E-state index contributed by atoms with van der Waals surface area (Å²) in [4.78, 5) is 19.3. The molecule has 0 aliphatic carbocycles. The van der Waals surface area contributed by atoms with Crippen molar-refractivity contribution in [2.75, 3.05) is 29.5 Å². The van der Waals surface area contributed by atoms with Crippen LogP contribution in [-0.2, 0) is 0 Å². The smallest absolute Gasteiger partial charge is 0.410 e. The number of nitrogens with one attached hydrogen (secondary N) is 2. The number of hydrogen-bond donors (Lipinski definition) is 4. The van der Waals surface area contributed by atoms with Gasteiger partial charge in [0.05, 0.1) is 0 Å². The Kier molecular flexibility index (Phi) is 4.91. The summed E-state index contributed by atoms with van der Waals surface area (Å²) in [5, 5.41) is 16.0. The number of halogens is 1. The van der Waals surface area contributed by atoms with Gasteiger partial charge in [0.15, 0.2) is 0 Å². The van der Waals surface area contributed by atoms with Crippen molar-refractivity contribution in [2.45, 2.75) is 6.92 Å². The number of nitrogen functional groups attached to an aromatic ring is 1. The summed E-state index contributed by atoms with van der Waals surface area (Å²) in [6, 6.07) is 5.47. The molecular weight excluding hydrogens is 370 g/mol. The lowest BCUT2D eigenvalue weighted by atomic mass is 9.98. The van der Waals surface area contributed by atoms with Crippen LogP contribution in [0.2, 0.25) is 0 Å². The van der Waals surface area contributed by atoms with Crippen molar-refractivity contribution in [3.8, 4) is 17.0 Å². The molecule has 1 aliphatic rings. The van der Waals surface area contributed by atoms with E-state index in [1.807, 2.05) is 19.1 Å². The number of nitrogens with zero attached hydrogens (tertiary/aromatic N) is 2. The van der Waals surface area contributed by atoms with Gasteiger partial charge < -0.3 is 20.9 Å². The van der Waals surface area contributed by atoms with Crippen LogP contribution in [0.3, 0.4) is 0 Å². The molecule has 3 aromatic rings. The van der Waals surface area contributed by atoms with Crippen molar-refractivity contribution in [1.29, 1.82) is 0 Å². The van der Waals surface area contributed by atoms with Gasteiger partial charge in [0, 0.05) is 35.6 Å². The first-order valence-corrected chi connectivity index (χ1v) is 8.09. The average Bonchev–Trinajstić information content (AvgIpc) is 2.61. The summed E-state index contributed by atoms with van der Waals surface area (Å²) < 4.78 is 5.57. The molecule has 0 bridgehead atoms. The summed E-state index contributed by atoms with van der Waals surface area (Å²) in [5.41, 5.74) is 10.5. The lowest BCUT2D eigenvalue weighted by Crippen LogP contribution is -2.20. The van der Waals surface area contributed by atoms with E-state index in [1.54, 1.807) is 18.5 Å². The first-order valence-electron chi connectivity index (χ1n) is 8.09. The molecule has 3 heterocycles. The molecule has 0 saturated carbocycles. The maximum atomic E-state index is 10.8. The number of hydrogen-bond acceptors (Lipinski definition) is 6. The van der Waals surface area contributed by atoms with Crippen LogP contribution in [0.25, 0.3) is 21.9 Å². The van der Waals surface area contributed by atoms with Gasteiger partial charge in [0.2, 0.25) is 5.88 Å². The lowest BCUT2D eigenvalue weighted by Gasteiger charge is -2.21. The van der Waals surface area contributed by atoms with Gasteiger partial charge in [-0.15, -0.1) is 12.4 Å². The zero-order valence-electron chi connectivity index (χ0n) is 14.4. The Morgan fingerprint density at radius 3 is 2.89 bits per heavy atom. The number of amides is 1. The summed E-state index contributed by atoms with van der Waals surface area (Å²) in [7, 11) is 0. The van der Waals surface area contributed by atoms with Crippen molar-refractivity contribution in [3.05, 3.63) is 36.2 Å². The van der Waals surface area contributed by atoms with Gasteiger partial charge in [-0.25, -0.2) is 14.8 Å². The van der Waals surface area contributed by atoms with E-state index in [4.69, 9.17) is 15.6 Å². The molecule has 0 saturated heterocycles. The van der Waals surface area contributed by atoms with Gasteiger partial charge in [-0.2, -0.15) is 0 Å². The van der Waals surface area contributed by atoms with Gasteiger partial charge in [-0.1, -0.05) is 0 Å². The Labute approximate surface area is 161 Å². The molecule has 140 valence electrons. The Morgan fingerprint density at radius 2 is 2.11 bits per heavy atom. The van der Waals surface area contributed by atoms with Gasteiger partial charge in [0.1, 0.15) is 18.1 Å². The molecule has 8 nitrogen and oxygen atoms in total. The number of aromatic nitrogens is 2. The van der Waals surface area contributed by atoms with Crippen molar-refractivity contribution in [3.63, 3.8) is 0 Å². The maximum absolute atomic E-state index is 10.8. The fraction of sp³-hybridized carbons (Fsp3) is 0.167. The normalized spacial score (nSPS) is 12.3. The summed E-state index contributed by atoms with van der Waals surface area (Å²) in [6.45, 7) is 3.32. The fourth-order valence-electron chi connectivity index (χ4n) is 3.13. The first-order chi connectivity index (χ1) is 12.5. The van der Waals surface area contributed by atoms with Gasteiger partial charge in [-0.05, 0) is 41.6 Å². The van der Waals surface area contributed by atoms with Crippen molar-refractivity contribution in [1.82, 2.24) is 9.97 Å². The molecule has 5 N–H and O–H groups in total. The van der Waals surface area contributed by atoms with Gasteiger partial charge >= 0.3 is 6.09 Å². The molecule has 0 atom stereocenters. The summed E-state index contributed by atoms with van der Waals surface area (Å²) >= 11 is 0. The van der Waals surface area contributed by atoms with E-state index in [0.717, 1.165) is 39.7 Å². The maximum Gasteiger partial charge on any atom is 0.410 e. The molecule has 4 rings (SSSR count). The average molecular weight is 388 g/mol. The molecule has 1 aromatic carbocycles. The molecular formula is C18H18ClN5O3. The molecule has 1 amide bonds. The third-order valence-electron chi connectivity index (χ3n) is 4.36. The number of ether oxygens (including phenoxy) is 1. The zero-order chi connectivity index (χ0) is 18.3. The van der Waals surface area contributed by atoms with E-state index in [-0.39, 0.29) is 18.2 Å². The van der Waals surface area contributed by atoms with E-state index in [9.17, 15) is 4.79 Å². The van der Waals surface area contributed by atoms with Crippen molar-refractivity contribution >= 4 is 46.5 Å². The highest BCUT2D eigenvalue weighted by atomic mass is 35.5.